The van der Waals surface area contributed by atoms with Gasteiger partial charge in [-0.05, 0) is 6.92 Å². The van der Waals surface area contributed by atoms with E-state index in [-0.39, 0.29) is 18.5 Å². The quantitative estimate of drug-likeness (QED) is 0.573. The summed E-state index contributed by atoms with van der Waals surface area (Å²) < 4.78 is 8.59. The minimum Gasteiger partial charge on any atom is -0.383 e. The third-order valence-electron chi connectivity index (χ3n) is 4.23. The first-order valence-electron chi connectivity index (χ1n) is 9.09. The van der Waals surface area contributed by atoms with Crippen LogP contribution in [-0.4, -0.2) is 43.9 Å². The first-order chi connectivity index (χ1) is 13.6. The monoisotopic (exact) mass is 383 g/mol. The van der Waals surface area contributed by atoms with E-state index < -0.39 is 0 Å². The van der Waals surface area contributed by atoms with E-state index in [0.29, 0.717) is 31.3 Å². The summed E-state index contributed by atoms with van der Waals surface area (Å²) in [5.41, 5.74) is 7.80. The molecule has 2 heterocycles. The van der Waals surface area contributed by atoms with Crippen LogP contribution in [0, 0.1) is 0 Å². The van der Waals surface area contributed by atoms with Gasteiger partial charge in [0.15, 0.2) is 5.82 Å². The average molecular weight is 383 g/mol. The van der Waals surface area contributed by atoms with Crippen molar-refractivity contribution in [1.82, 2.24) is 29.6 Å². The molecule has 9 nitrogen and oxygen atoms in total. The summed E-state index contributed by atoms with van der Waals surface area (Å²) in [6, 6.07) is 9.27. The van der Waals surface area contributed by atoms with Crippen LogP contribution in [0.15, 0.2) is 42.9 Å². The van der Waals surface area contributed by atoms with Crippen LogP contribution in [0.3, 0.4) is 0 Å². The van der Waals surface area contributed by atoms with Crippen LogP contribution in [-0.2, 0) is 29.2 Å². The first kappa shape index (κ1) is 19.7. The van der Waals surface area contributed by atoms with Crippen molar-refractivity contribution in [3.8, 4) is 11.4 Å². The molecule has 28 heavy (non-hydrogen) atoms. The second kappa shape index (κ2) is 9.25. The van der Waals surface area contributed by atoms with Gasteiger partial charge in [-0.25, -0.2) is 14.6 Å². The molecule has 0 aliphatic rings. The zero-order valence-electron chi connectivity index (χ0n) is 16.1. The van der Waals surface area contributed by atoms with Crippen molar-refractivity contribution >= 4 is 5.91 Å². The van der Waals surface area contributed by atoms with Gasteiger partial charge in [0.05, 0.1) is 31.2 Å². The molecule has 148 valence electrons. The van der Waals surface area contributed by atoms with E-state index >= 15 is 0 Å². The molecule has 0 aliphatic carbocycles. The van der Waals surface area contributed by atoms with Crippen LogP contribution in [0.5, 0.6) is 0 Å². The average Bonchev–Trinajstić information content (AvgIpc) is 3.32. The molecule has 3 aromatic rings. The number of carbonyl (C=O) groups excluding carboxylic acids is 1. The van der Waals surface area contributed by atoms with Gasteiger partial charge in [0.2, 0.25) is 5.91 Å². The molecule has 3 rings (SSSR count). The summed E-state index contributed by atoms with van der Waals surface area (Å²) in [5, 5.41) is 7.37. The maximum absolute atomic E-state index is 12.5. The lowest BCUT2D eigenvalue weighted by Crippen LogP contribution is -2.30. The third-order valence-corrected chi connectivity index (χ3v) is 4.23. The smallest absolute Gasteiger partial charge is 0.242 e. The number of benzene rings is 1. The fourth-order valence-electron chi connectivity index (χ4n) is 2.78. The number of nitrogens with one attached hydrogen (secondary N) is 1. The number of methoxy groups -OCH3 is 1. The van der Waals surface area contributed by atoms with Gasteiger partial charge < -0.3 is 20.4 Å². The summed E-state index contributed by atoms with van der Waals surface area (Å²) in [7, 11) is 1.65. The molecule has 0 spiro atoms. The summed E-state index contributed by atoms with van der Waals surface area (Å²) in [5.74, 6) is 0.948. The minimum absolute atomic E-state index is 0.0446. The second-order valence-corrected chi connectivity index (χ2v) is 6.45. The van der Waals surface area contributed by atoms with E-state index in [4.69, 9.17) is 10.5 Å². The van der Waals surface area contributed by atoms with Crippen molar-refractivity contribution in [2.45, 2.75) is 32.6 Å². The van der Waals surface area contributed by atoms with Crippen molar-refractivity contribution in [3.63, 3.8) is 0 Å². The number of aromatic nitrogens is 5. The summed E-state index contributed by atoms with van der Waals surface area (Å²) in [4.78, 5) is 21.1. The third kappa shape index (κ3) is 4.81. The molecule has 1 amide bonds. The normalized spacial score (nSPS) is 12.1. The standard InChI is InChI=1S/C19H25N7O2/c1-14(20)19-23-18(15-6-4-3-5-7-15)24-26(19)12-17(27)22-11-16-10-21-13-25(16)8-9-28-2/h3-7,10,13-14H,8-9,11-12,20H2,1-2H3,(H,22,27)/t14-/m0/s1. The molecule has 0 aliphatic heterocycles. The maximum atomic E-state index is 12.5. The minimum atomic E-state index is -0.340. The van der Waals surface area contributed by atoms with E-state index in [9.17, 15) is 4.79 Å². The molecule has 0 saturated carbocycles. The predicted octanol–water partition coefficient (Wildman–Crippen LogP) is 1.12. The van der Waals surface area contributed by atoms with Crippen LogP contribution < -0.4 is 11.1 Å². The predicted molar refractivity (Wildman–Crippen MR) is 104 cm³/mol. The van der Waals surface area contributed by atoms with Crippen molar-refractivity contribution in [1.29, 1.82) is 0 Å². The maximum Gasteiger partial charge on any atom is 0.242 e. The highest BCUT2D eigenvalue weighted by atomic mass is 16.5. The highest BCUT2D eigenvalue weighted by Gasteiger charge is 2.17. The Bertz CT molecular complexity index is 902. The van der Waals surface area contributed by atoms with Gasteiger partial charge in [-0.3, -0.25) is 4.79 Å². The number of nitrogens with zero attached hydrogens (tertiary/aromatic N) is 5. The van der Waals surface area contributed by atoms with Crippen molar-refractivity contribution in [2.24, 2.45) is 5.73 Å². The number of ether oxygens (including phenoxy) is 1. The van der Waals surface area contributed by atoms with Crippen LogP contribution in [0.25, 0.3) is 11.4 Å². The number of nitrogens with two attached hydrogens (primary N) is 1. The van der Waals surface area contributed by atoms with Gasteiger partial charge in [0, 0.05) is 25.4 Å². The number of imidazole rings is 1. The summed E-state index contributed by atoms with van der Waals surface area (Å²) in [6.07, 6.45) is 3.45. The molecule has 0 fully saturated rings. The highest BCUT2D eigenvalue weighted by Crippen LogP contribution is 2.17. The van der Waals surface area contributed by atoms with E-state index in [1.165, 1.54) is 0 Å². The largest absolute Gasteiger partial charge is 0.383 e. The zero-order valence-corrected chi connectivity index (χ0v) is 16.1. The molecule has 3 N–H and O–H groups in total. The van der Waals surface area contributed by atoms with Gasteiger partial charge in [-0.1, -0.05) is 30.3 Å². The number of rotatable bonds is 9. The van der Waals surface area contributed by atoms with E-state index in [1.54, 1.807) is 24.3 Å². The topological polar surface area (TPSA) is 113 Å². The fraction of sp³-hybridized carbons (Fsp3) is 0.368. The zero-order chi connectivity index (χ0) is 19.9. The molecular formula is C19H25N7O2. The molecule has 0 unspecified atom stereocenters. The summed E-state index contributed by atoms with van der Waals surface area (Å²) >= 11 is 0. The van der Waals surface area contributed by atoms with Crippen molar-refractivity contribution in [3.05, 3.63) is 54.4 Å². The number of amides is 1. The number of carbonyl (C=O) groups is 1. The molecular weight excluding hydrogens is 358 g/mol. The van der Waals surface area contributed by atoms with Gasteiger partial charge in [-0.15, -0.1) is 0 Å². The Labute approximate surface area is 163 Å². The molecule has 0 saturated heterocycles. The lowest BCUT2D eigenvalue weighted by Gasteiger charge is -2.10. The van der Waals surface area contributed by atoms with Crippen LogP contribution in [0.2, 0.25) is 0 Å². The lowest BCUT2D eigenvalue weighted by atomic mass is 10.2. The lowest BCUT2D eigenvalue weighted by molar-refractivity contribution is -0.122. The van der Waals surface area contributed by atoms with Crippen LogP contribution >= 0.6 is 0 Å². The summed E-state index contributed by atoms with van der Waals surface area (Å²) in [6.45, 7) is 3.50. The van der Waals surface area contributed by atoms with Gasteiger partial charge in [0.25, 0.3) is 0 Å². The first-order valence-corrected chi connectivity index (χ1v) is 9.09. The van der Waals surface area contributed by atoms with Gasteiger partial charge in [-0.2, -0.15) is 5.10 Å². The molecule has 0 bridgehead atoms. The molecule has 0 radical (unpaired) electrons. The SMILES string of the molecule is COCCn1cncc1CNC(=O)Cn1nc(-c2ccccc2)nc1[C@H](C)N. The van der Waals surface area contributed by atoms with E-state index in [1.807, 2.05) is 41.8 Å². The molecule has 2 aromatic heterocycles. The Morgan fingerprint density at radius 3 is 2.82 bits per heavy atom. The van der Waals surface area contributed by atoms with Gasteiger partial charge in [0.1, 0.15) is 12.4 Å². The van der Waals surface area contributed by atoms with Crippen LogP contribution in [0.4, 0.5) is 0 Å². The fourth-order valence-corrected chi connectivity index (χ4v) is 2.78. The van der Waals surface area contributed by atoms with Crippen molar-refractivity contribution < 1.29 is 9.53 Å². The Balaban J connectivity index is 1.67. The Morgan fingerprint density at radius 2 is 2.11 bits per heavy atom. The Hall–Kier alpha value is -3.04. The number of hydrogen-bond donors (Lipinski definition) is 2. The van der Waals surface area contributed by atoms with Crippen molar-refractivity contribution in [2.75, 3.05) is 13.7 Å². The van der Waals surface area contributed by atoms with Crippen LogP contribution in [0.1, 0.15) is 24.5 Å². The second-order valence-electron chi connectivity index (χ2n) is 6.45. The Kier molecular flexibility index (Phi) is 6.51. The highest BCUT2D eigenvalue weighted by molar-refractivity contribution is 5.75. The van der Waals surface area contributed by atoms with E-state index in [2.05, 4.69) is 20.4 Å². The molecule has 1 atom stereocenters. The molecule has 1 aromatic carbocycles. The van der Waals surface area contributed by atoms with E-state index in [0.717, 1.165) is 11.3 Å². The van der Waals surface area contributed by atoms with Gasteiger partial charge >= 0.3 is 0 Å². The molecule has 9 heteroatoms. The Morgan fingerprint density at radius 1 is 1.32 bits per heavy atom. The number of hydrogen-bond acceptors (Lipinski definition) is 6.